The Bertz CT molecular complexity index is 287. The van der Waals surface area contributed by atoms with Crippen LogP contribution in [-0.2, 0) is 0 Å². The van der Waals surface area contributed by atoms with Gasteiger partial charge in [0.25, 0.3) is 0 Å². The van der Waals surface area contributed by atoms with Crippen molar-refractivity contribution in [3.8, 4) is 12.1 Å². The van der Waals surface area contributed by atoms with E-state index in [2.05, 4.69) is 53.8 Å². The second kappa shape index (κ2) is 6.63. The molecule has 2 nitrogen and oxygen atoms in total. The summed E-state index contributed by atoms with van der Waals surface area (Å²) in [6.07, 6.45) is 0. The Morgan fingerprint density at radius 2 is 1.67 bits per heavy atom. The van der Waals surface area contributed by atoms with Gasteiger partial charge in [-0.25, -0.2) is 0 Å². The zero-order valence-electron chi connectivity index (χ0n) is 6.58. The first-order valence-electron chi connectivity index (χ1n) is 3.21. The molecule has 0 radical (unpaired) electrons. The molecule has 1 rings (SSSR count). The first-order chi connectivity index (χ1) is 5.72. The third-order valence-electron chi connectivity index (χ3n) is 1.13. The molecule has 12 heavy (non-hydrogen) atoms. The monoisotopic (exact) mass is 270 g/mol. The van der Waals surface area contributed by atoms with E-state index in [1.54, 1.807) is 0 Å². The molecule has 0 spiro atoms. The van der Waals surface area contributed by atoms with Gasteiger partial charge in [0.15, 0.2) is 12.1 Å². The summed E-state index contributed by atoms with van der Waals surface area (Å²) in [6, 6.07) is 10.8. The van der Waals surface area contributed by atoms with Crippen molar-refractivity contribution in [3.05, 3.63) is 33.4 Å². The van der Waals surface area contributed by atoms with Crippen LogP contribution in [0.3, 0.4) is 0 Å². The number of benzene rings is 1. The summed E-state index contributed by atoms with van der Waals surface area (Å²) in [6.45, 7) is 2.11. The lowest BCUT2D eigenvalue weighted by molar-refractivity contribution is 1.43. The van der Waals surface area contributed by atoms with Crippen LogP contribution in [0.5, 0.6) is 0 Å². The molecule has 0 unspecified atom stereocenters. The molecule has 0 atom stereocenters. The topological polar surface area (TPSA) is 47.6 Å². The molecular weight excluding hydrogens is 263 g/mol. The van der Waals surface area contributed by atoms with Crippen LogP contribution >= 0.6 is 22.6 Å². The maximum absolute atomic E-state index is 7.26. The maximum Gasteiger partial charge on any atom is 0.181 e. The van der Waals surface area contributed by atoms with Gasteiger partial charge in [-0.1, -0.05) is 18.2 Å². The van der Waals surface area contributed by atoms with E-state index in [9.17, 15) is 0 Å². The Morgan fingerprint density at radius 1 is 1.17 bits per heavy atom. The Hall–Kier alpha value is -1.07. The molecule has 1 aromatic carbocycles. The molecule has 1 aromatic rings. The maximum atomic E-state index is 7.26. The number of hydrogen-bond acceptors (Lipinski definition) is 2. The minimum absolute atomic E-state index is 1.24. The van der Waals surface area contributed by atoms with Crippen LogP contribution < -0.4 is 0 Å². The van der Waals surface area contributed by atoms with Crippen molar-refractivity contribution in [1.29, 1.82) is 10.5 Å². The number of nitrogens with zero attached hydrogens (tertiary/aromatic N) is 2. The summed E-state index contributed by atoms with van der Waals surface area (Å²) < 4.78 is 1.34. The minimum Gasteiger partial charge on any atom is -0.181 e. The molecule has 0 aromatic heterocycles. The average Bonchev–Trinajstić information content (AvgIpc) is 2.11. The van der Waals surface area contributed by atoms with Crippen LogP contribution in [0.25, 0.3) is 0 Å². The van der Waals surface area contributed by atoms with Crippen LogP contribution in [-0.4, -0.2) is 0 Å². The number of rotatable bonds is 0. The number of nitriles is 2. The average molecular weight is 270 g/mol. The second-order valence-corrected chi connectivity index (χ2v) is 3.13. The highest BCUT2D eigenvalue weighted by molar-refractivity contribution is 14.1. The fourth-order valence-electron chi connectivity index (χ4n) is 0.551. The zero-order valence-corrected chi connectivity index (χ0v) is 8.74. The lowest BCUT2D eigenvalue weighted by Crippen LogP contribution is -1.74. The van der Waals surface area contributed by atoms with Gasteiger partial charge in [-0.05, 0) is 41.1 Å². The Kier molecular flexibility index (Phi) is 6.04. The summed E-state index contributed by atoms with van der Waals surface area (Å²) >= 11 is 2.32. The van der Waals surface area contributed by atoms with Gasteiger partial charge in [0.1, 0.15) is 0 Å². The third kappa shape index (κ3) is 4.70. The summed E-state index contributed by atoms with van der Waals surface area (Å²) in [5.41, 5.74) is 1.35. The molecule has 0 saturated carbocycles. The van der Waals surface area contributed by atoms with E-state index in [-0.39, 0.29) is 0 Å². The van der Waals surface area contributed by atoms with Crippen molar-refractivity contribution in [1.82, 2.24) is 0 Å². The molecule has 0 bridgehead atoms. The number of aryl methyl sites for hydroxylation is 1. The molecular formula is C9H7IN2. The molecule has 0 heterocycles. The van der Waals surface area contributed by atoms with Gasteiger partial charge < -0.3 is 0 Å². The van der Waals surface area contributed by atoms with E-state index in [1.165, 1.54) is 21.3 Å². The largest absolute Gasteiger partial charge is 0.181 e. The standard InChI is InChI=1S/C7H7I.C2N2/c1-6-4-2-3-5-7(6)8;3-1-2-4/h2-5H,1H3;. The SMILES string of the molecule is Cc1ccccc1I.N#CC#N. The van der Waals surface area contributed by atoms with Crippen molar-refractivity contribution in [2.75, 3.05) is 0 Å². The molecule has 0 amide bonds. The van der Waals surface area contributed by atoms with E-state index >= 15 is 0 Å². The minimum atomic E-state index is 1.24. The Labute approximate surface area is 85.6 Å². The van der Waals surface area contributed by atoms with Crippen LogP contribution in [0.2, 0.25) is 0 Å². The first kappa shape index (κ1) is 10.9. The highest BCUT2D eigenvalue weighted by Gasteiger charge is 1.85. The molecule has 0 fully saturated rings. The molecule has 0 saturated heterocycles. The predicted octanol–water partition coefficient (Wildman–Crippen LogP) is 2.63. The van der Waals surface area contributed by atoms with Gasteiger partial charge in [0.2, 0.25) is 0 Å². The highest BCUT2D eigenvalue weighted by atomic mass is 127. The molecule has 0 aliphatic carbocycles. The smallest absolute Gasteiger partial charge is 0.181 e. The lowest BCUT2D eigenvalue weighted by Gasteiger charge is -1.91. The van der Waals surface area contributed by atoms with E-state index in [1.807, 2.05) is 0 Å². The van der Waals surface area contributed by atoms with Crippen LogP contribution in [0, 0.1) is 33.2 Å². The highest BCUT2D eigenvalue weighted by Crippen LogP contribution is 2.08. The Morgan fingerprint density at radius 3 is 1.92 bits per heavy atom. The van der Waals surface area contributed by atoms with Crippen molar-refractivity contribution in [2.24, 2.45) is 0 Å². The zero-order chi connectivity index (χ0) is 9.40. The van der Waals surface area contributed by atoms with Crippen LogP contribution in [0.4, 0.5) is 0 Å². The quantitative estimate of drug-likeness (QED) is 0.680. The van der Waals surface area contributed by atoms with E-state index in [0.29, 0.717) is 0 Å². The lowest BCUT2D eigenvalue weighted by atomic mass is 10.2. The summed E-state index contributed by atoms with van der Waals surface area (Å²) in [5, 5.41) is 14.5. The molecule has 60 valence electrons. The summed E-state index contributed by atoms with van der Waals surface area (Å²) in [7, 11) is 0. The van der Waals surface area contributed by atoms with Gasteiger partial charge in [-0.15, -0.1) is 0 Å². The van der Waals surface area contributed by atoms with Crippen LogP contribution in [0.15, 0.2) is 24.3 Å². The normalized spacial score (nSPS) is 7.00. The van der Waals surface area contributed by atoms with Gasteiger partial charge in [0, 0.05) is 3.57 Å². The molecule has 0 N–H and O–H groups in total. The van der Waals surface area contributed by atoms with Gasteiger partial charge in [0.05, 0.1) is 0 Å². The van der Waals surface area contributed by atoms with Gasteiger partial charge >= 0.3 is 0 Å². The van der Waals surface area contributed by atoms with E-state index in [4.69, 9.17) is 10.5 Å². The summed E-state index contributed by atoms with van der Waals surface area (Å²) in [4.78, 5) is 0. The van der Waals surface area contributed by atoms with Crippen molar-refractivity contribution >= 4 is 22.6 Å². The van der Waals surface area contributed by atoms with E-state index in [0.717, 1.165) is 0 Å². The summed E-state index contributed by atoms with van der Waals surface area (Å²) in [5.74, 6) is 0. The van der Waals surface area contributed by atoms with Crippen molar-refractivity contribution in [3.63, 3.8) is 0 Å². The number of hydrogen-bond donors (Lipinski definition) is 0. The predicted molar refractivity (Wildman–Crippen MR) is 55.1 cm³/mol. The number of halogens is 1. The van der Waals surface area contributed by atoms with Gasteiger partial charge in [-0.2, -0.15) is 10.5 Å². The third-order valence-corrected chi connectivity index (χ3v) is 2.34. The fraction of sp³-hybridized carbons (Fsp3) is 0.111. The molecule has 0 aliphatic heterocycles. The van der Waals surface area contributed by atoms with Crippen molar-refractivity contribution in [2.45, 2.75) is 6.92 Å². The molecule has 3 heteroatoms. The van der Waals surface area contributed by atoms with Crippen LogP contribution in [0.1, 0.15) is 5.56 Å². The van der Waals surface area contributed by atoms with Crippen molar-refractivity contribution < 1.29 is 0 Å². The first-order valence-corrected chi connectivity index (χ1v) is 4.29. The van der Waals surface area contributed by atoms with E-state index < -0.39 is 0 Å². The fourth-order valence-corrected chi connectivity index (χ4v) is 0.938. The second-order valence-electron chi connectivity index (χ2n) is 1.97. The Balaban J connectivity index is 0.000000261. The van der Waals surface area contributed by atoms with Gasteiger partial charge in [-0.3, -0.25) is 0 Å². The molecule has 0 aliphatic rings.